The second-order valence-electron chi connectivity index (χ2n) is 3.13. The van der Waals surface area contributed by atoms with Crippen LogP contribution in [-0.2, 0) is 0 Å². The van der Waals surface area contributed by atoms with Crippen LogP contribution < -0.4 is 4.74 Å². The van der Waals surface area contributed by atoms with E-state index in [2.05, 4.69) is 11.6 Å². The summed E-state index contributed by atoms with van der Waals surface area (Å²) in [6, 6.07) is 7.61. The first-order valence-corrected chi connectivity index (χ1v) is 4.89. The van der Waals surface area contributed by atoms with Crippen LogP contribution in [0.15, 0.2) is 30.8 Å². The smallest absolute Gasteiger partial charge is 0.136 e. The maximum Gasteiger partial charge on any atom is 0.136 e. The summed E-state index contributed by atoms with van der Waals surface area (Å²) in [6.45, 7) is 3.69. The number of fused-ring (bicyclic) bond motifs is 1. The second-order valence-corrected chi connectivity index (χ2v) is 3.49. The summed E-state index contributed by atoms with van der Waals surface area (Å²) in [5.41, 5.74) is 1.68. The number of ether oxygens (including phenoxy) is 1. The fourth-order valence-corrected chi connectivity index (χ4v) is 1.64. The van der Waals surface area contributed by atoms with Gasteiger partial charge in [0, 0.05) is 10.9 Å². The van der Waals surface area contributed by atoms with Gasteiger partial charge >= 0.3 is 0 Å². The lowest BCUT2D eigenvalue weighted by Crippen LogP contribution is -1.86. The van der Waals surface area contributed by atoms with Crippen LogP contribution >= 0.6 is 11.6 Å². The summed E-state index contributed by atoms with van der Waals surface area (Å²) >= 11 is 5.96. The summed E-state index contributed by atoms with van der Waals surface area (Å²) in [7, 11) is 1.64. The van der Waals surface area contributed by atoms with Crippen LogP contribution in [0.1, 0.15) is 5.56 Å². The third kappa shape index (κ3) is 1.81. The molecule has 76 valence electrons. The Hall–Kier alpha value is -1.54. The number of aromatic nitrogens is 1. The number of methoxy groups -OCH3 is 1. The lowest BCUT2D eigenvalue weighted by molar-refractivity contribution is 0.415. The highest BCUT2D eigenvalue weighted by Gasteiger charge is 2.03. The lowest BCUT2D eigenvalue weighted by Gasteiger charge is -2.04. The van der Waals surface area contributed by atoms with Gasteiger partial charge in [-0.3, -0.25) is 0 Å². The summed E-state index contributed by atoms with van der Waals surface area (Å²) in [5.74, 6) is 0.807. The van der Waals surface area contributed by atoms with Gasteiger partial charge in [-0.15, -0.1) is 0 Å². The minimum absolute atomic E-state index is 0.475. The molecule has 2 rings (SSSR count). The maximum atomic E-state index is 5.96. The zero-order valence-electron chi connectivity index (χ0n) is 8.33. The molecule has 0 bridgehead atoms. The number of benzene rings is 1. The van der Waals surface area contributed by atoms with Gasteiger partial charge in [-0.05, 0) is 24.3 Å². The van der Waals surface area contributed by atoms with Gasteiger partial charge in [-0.25, -0.2) is 4.98 Å². The first kappa shape index (κ1) is 9.99. The van der Waals surface area contributed by atoms with Crippen LogP contribution in [-0.4, -0.2) is 12.1 Å². The first-order valence-electron chi connectivity index (χ1n) is 4.51. The zero-order valence-corrected chi connectivity index (χ0v) is 9.08. The molecular formula is C12H10ClNO. The molecule has 0 N–H and O–H groups in total. The van der Waals surface area contributed by atoms with Gasteiger partial charge in [-0.2, -0.15) is 0 Å². The largest absolute Gasteiger partial charge is 0.497 e. The Labute approximate surface area is 93.2 Å². The standard InChI is InChI=1S/C12H10ClNO/c1-3-8-6-9-7-10(15-2)4-5-11(9)14-12(8)13/h3-7H,1H2,2H3. The highest BCUT2D eigenvalue weighted by atomic mass is 35.5. The van der Waals surface area contributed by atoms with E-state index in [0.29, 0.717) is 5.15 Å². The van der Waals surface area contributed by atoms with Gasteiger partial charge < -0.3 is 4.74 Å². The molecule has 2 nitrogen and oxygen atoms in total. The monoisotopic (exact) mass is 219 g/mol. The van der Waals surface area contributed by atoms with E-state index in [1.807, 2.05) is 24.3 Å². The van der Waals surface area contributed by atoms with Crippen LogP contribution in [0.3, 0.4) is 0 Å². The first-order chi connectivity index (χ1) is 7.24. The van der Waals surface area contributed by atoms with Gasteiger partial charge in [0.05, 0.1) is 12.6 Å². The van der Waals surface area contributed by atoms with Crippen LogP contribution in [0.25, 0.3) is 17.0 Å². The van der Waals surface area contributed by atoms with Crippen LogP contribution in [0.5, 0.6) is 5.75 Å². The van der Waals surface area contributed by atoms with Gasteiger partial charge in [0.15, 0.2) is 0 Å². The maximum absolute atomic E-state index is 5.96. The predicted molar refractivity (Wildman–Crippen MR) is 63.4 cm³/mol. The van der Waals surface area contributed by atoms with E-state index in [9.17, 15) is 0 Å². The Kier molecular flexibility index (Phi) is 2.60. The van der Waals surface area contributed by atoms with Crippen molar-refractivity contribution < 1.29 is 4.74 Å². The van der Waals surface area contributed by atoms with Crippen molar-refractivity contribution in [3.63, 3.8) is 0 Å². The molecule has 1 aromatic heterocycles. The van der Waals surface area contributed by atoms with Crippen molar-refractivity contribution in [2.24, 2.45) is 0 Å². The Balaban J connectivity index is 2.71. The molecule has 0 spiro atoms. The summed E-state index contributed by atoms with van der Waals surface area (Å²) in [5, 5.41) is 1.47. The van der Waals surface area contributed by atoms with Crippen molar-refractivity contribution in [2.45, 2.75) is 0 Å². The van der Waals surface area contributed by atoms with Gasteiger partial charge in [0.2, 0.25) is 0 Å². The summed E-state index contributed by atoms with van der Waals surface area (Å²) in [4.78, 5) is 4.26. The number of pyridine rings is 1. The van der Waals surface area contributed by atoms with E-state index in [4.69, 9.17) is 16.3 Å². The molecule has 2 aromatic rings. The van der Waals surface area contributed by atoms with Crippen LogP contribution in [0, 0.1) is 0 Å². The molecule has 1 aromatic carbocycles. The molecule has 0 atom stereocenters. The average molecular weight is 220 g/mol. The normalized spacial score (nSPS) is 10.3. The Bertz CT molecular complexity index is 522. The van der Waals surface area contributed by atoms with E-state index in [-0.39, 0.29) is 0 Å². The van der Waals surface area contributed by atoms with Crippen molar-refractivity contribution in [1.82, 2.24) is 4.98 Å². The molecule has 1 heterocycles. The second kappa shape index (κ2) is 3.91. The topological polar surface area (TPSA) is 22.1 Å². The molecule has 0 unspecified atom stereocenters. The fraction of sp³-hybridized carbons (Fsp3) is 0.0833. The molecule has 15 heavy (non-hydrogen) atoms. The molecule has 0 aliphatic heterocycles. The molecule has 0 aliphatic carbocycles. The Morgan fingerprint density at radius 2 is 2.20 bits per heavy atom. The minimum atomic E-state index is 0.475. The van der Waals surface area contributed by atoms with Crippen molar-refractivity contribution in [3.05, 3.63) is 41.6 Å². The van der Waals surface area contributed by atoms with Gasteiger partial charge in [-0.1, -0.05) is 24.3 Å². The third-order valence-corrected chi connectivity index (χ3v) is 2.53. The summed E-state index contributed by atoms with van der Waals surface area (Å²) in [6.07, 6.45) is 1.69. The highest BCUT2D eigenvalue weighted by Crippen LogP contribution is 2.24. The number of rotatable bonds is 2. The van der Waals surface area contributed by atoms with Crippen molar-refractivity contribution in [1.29, 1.82) is 0 Å². The average Bonchev–Trinajstić information content (AvgIpc) is 2.27. The molecular weight excluding hydrogens is 210 g/mol. The number of halogens is 1. The van der Waals surface area contributed by atoms with Crippen LogP contribution in [0.4, 0.5) is 0 Å². The number of hydrogen-bond donors (Lipinski definition) is 0. The van der Waals surface area contributed by atoms with Crippen molar-refractivity contribution in [2.75, 3.05) is 7.11 Å². The molecule has 3 heteroatoms. The molecule has 0 amide bonds. The number of hydrogen-bond acceptors (Lipinski definition) is 2. The molecule has 0 aliphatic rings. The molecule has 0 saturated heterocycles. The van der Waals surface area contributed by atoms with Crippen molar-refractivity contribution >= 4 is 28.6 Å². The van der Waals surface area contributed by atoms with E-state index >= 15 is 0 Å². The zero-order chi connectivity index (χ0) is 10.8. The van der Waals surface area contributed by atoms with E-state index < -0.39 is 0 Å². The summed E-state index contributed by atoms with van der Waals surface area (Å²) < 4.78 is 5.14. The fourth-order valence-electron chi connectivity index (χ4n) is 1.42. The highest BCUT2D eigenvalue weighted by molar-refractivity contribution is 6.31. The van der Waals surface area contributed by atoms with Gasteiger partial charge in [0.25, 0.3) is 0 Å². The van der Waals surface area contributed by atoms with Crippen molar-refractivity contribution in [3.8, 4) is 5.75 Å². The predicted octanol–water partition coefficient (Wildman–Crippen LogP) is 3.54. The Morgan fingerprint density at radius 1 is 1.40 bits per heavy atom. The van der Waals surface area contributed by atoms with E-state index in [1.54, 1.807) is 13.2 Å². The van der Waals surface area contributed by atoms with Gasteiger partial charge in [0.1, 0.15) is 10.9 Å². The van der Waals surface area contributed by atoms with Crippen LogP contribution in [0.2, 0.25) is 5.15 Å². The molecule has 0 radical (unpaired) electrons. The third-order valence-electron chi connectivity index (χ3n) is 2.22. The molecule has 0 saturated carbocycles. The lowest BCUT2D eigenvalue weighted by atomic mass is 10.1. The quantitative estimate of drug-likeness (QED) is 0.721. The van der Waals surface area contributed by atoms with E-state index in [0.717, 1.165) is 22.2 Å². The molecule has 0 fully saturated rings. The van der Waals surface area contributed by atoms with E-state index in [1.165, 1.54) is 0 Å². The minimum Gasteiger partial charge on any atom is -0.497 e. The Morgan fingerprint density at radius 3 is 2.87 bits per heavy atom. The number of nitrogens with zero attached hydrogens (tertiary/aromatic N) is 1. The SMILES string of the molecule is C=Cc1cc2cc(OC)ccc2nc1Cl.